The predicted molar refractivity (Wildman–Crippen MR) is 31.0 cm³/mol. The molecule has 0 bridgehead atoms. The van der Waals surface area contributed by atoms with Crippen LogP contribution in [0, 0.1) is 0 Å². The molecule has 8 heavy (non-hydrogen) atoms. The molecular formula is C6H13O2. The van der Waals surface area contributed by atoms with Crippen LogP contribution < -0.4 is 0 Å². The summed E-state index contributed by atoms with van der Waals surface area (Å²) >= 11 is 0. The topological polar surface area (TPSA) is 29.1 Å². The van der Waals surface area contributed by atoms with Gasteiger partial charge in [0.15, 0.2) is 6.29 Å². The monoisotopic (exact) mass is 117 g/mol. The van der Waals surface area contributed by atoms with E-state index in [1.807, 2.05) is 20.8 Å². The Labute approximate surface area is 50.5 Å². The van der Waals surface area contributed by atoms with Crippen molar-refractivity contribution in [1.82, 2.24) is 0 Å². The fourth-order valence-corrected chi connectivity index (χ4v) is 0.400. The fraction of sp³-hybridized carbons (Fsp3) is 1.00. The first kappa shape index (κ1) is 7.92. The quantitative estimate of drug-likeness (QED) is 0.516. The summed E-state index contributed by atoms with van der Waals surface area (Å²) in [4.78, 5) is 0. The van der Waals surface area contributed by atoms with Crippen molar-refractivity contribution < 1.29 is 9.84 Å². The fourth-order valence-electron chi connectivity index (χ4n) is 0.400. The van der Waals surface area contributed by atoms with Gasteiger partial charge in [-0.3, -0.25) is 0 Å². The molecule has 0 N–H and O–H groups in total. The van der Waals surface area contributed by atoms with E-state index >= 15 is 0 Å². The summed E-state index contributed by atoms with van der Waals surface area (Å²) in [7, 11) is 0. The molecule has 1 atom stereocenters. The molecule has 0 heterocycles. The third-order valence-electron chi connectivity index (χ3n) is 0.757. The molecule has 1 unspecified atom stereocenters. The molecule has 0 amide bonds. The van der Waals surface area contributed by atoms with Crippen LogP contribution in [0.25, 0.3) is 0 Å². The SMILES string of the molecule is CCC([O])OC(C)C. The van der Waals surface area contributed by atoms with E-state index in [4.69, 9.17) is 4.74 Å². The van der Waals surface area contributed by atoms with Crippen LogP contribution in [0.4, 0.5) is 0 Å². The summed E-state index contributed by atoms with van der Waals surface area (Å²) in [5.41, 5.74) is 0. The van der Waals surface area contributed by atoms with Crippen molar-refractivity contribution in [3.63, 3.8) is 0 Å². The van der Waals surface area contributed by atoms with E-state index < -0.39 is 6.29 Å². The lowest BCUT2D eigenvalue weighted by atomic mass is 10.4. The Kier molecular flexibility index (Phi) is 3.83. The van der Waals surface area contributed by atoms with Crippen molar-refractivity contribution in [2.75, 3.05) is 0 Å². The average Bonchev–Trinajstić information content (AvgIpc) is 1.65. The van der Waals surface area contributed by atoms with Crippen LogP contribution in [-0.4, -0.2) is 12.4 Å². The van der Waals surface area contributed by atoms with Crippen LogP contribution in [0.1, 0.15) is 27.2 Å². The summed E-state index contributed by atoms with van der Waals surface area (Å²) in [6.07, 6.45) is -0.203. The lowest BCUT2D eigenvalue weighted by molar-refractivity contribution is -0.162. The summed E-state index contributed by atoms with van der Waals surface area (Å²) < 4.78 is 4.84. The lowest BCUT2D eigenvalue weighted by Crippen LogP contribution is -2.14. The molecule has 0 aliphatic heterocycles. The molecule has 0 spiro atoms. The highest BCUT2D eigenvalue weighted by Gasteiger charge is 2.03. The molecule has 49 valence electrons. The van der Waals surface area contributed by atoms with Gasteiger partial charge in [-0.15, -0.1) is 0 Å². The summed E-state index contributed by atoms with van der Waals surface area (Å²) in [5.74, 6) is 0. The van der Waals surface area contributed by atoms with E-state index in [0.29, 0.717) is 6.42 Å². The second-order valence-electron chi connectivity index (χ2n) is 2.02. The van der Waals surface area contributed by atoms with E-state index in [1.54, 1.807) is 0 Å². The van der Waals surface area contributed by atoms with Crippen molar-refractivity contribution >= 4 is 0 Å². The molecule has 0 aromatic carbocycles. The second kappa shape index (κ2) is 3.87. The Hall–Kier alpha value is -0.0800. The van der Waals surface area contributed by atoms with Crippen molar-refractivity contribution in [2.24, 2.45) is 0 Å². The number of hydrogen-bond donors (Lipinski definition) is 0. The number of hydrogen-bond acceptors (Lipinski definition) is 1. The minimum absolute atomic E-state index is 0.0671. The zero-order valence-corrected chi connectivity index (χ0v) is 5.68. The van der Waals surface area contributed by atoms with Gasteiger partial charge in [0.1, 0.15) is 0 Å². The summed E-state index contributed by atoms with van der Waals surface area (Å²) in [6, 6.07) is 0. The smallest absolute Gasteiger partial charge is 0.191 e. The van der Waals surface area contributed by atoms with Crippen LogP contribution in [-0.2, 0) is 9.84 Å². The van der Waals surface area contributed by atoms with Gasteiger partial charge in [-0.05, 0) is 20.3 Å². The molecular weight excluding hydrogens is 104 g/mol. The van der Waals surface area contributed by atoms with Crippen LogP contribution in [0.15, 0.2) is 0 Å². The van der Waals surface area contributed by atoms with Crippen molar-refractivity contribution in [2.45, 2.75) is 39.6 Å². The van der Waals surface area contributed by atoms with Crippen molar-refractivity contribution in [3.8, 4) is 0 Å². The van der Waals surface area contributed by atoms with E-state index in [-0.39, 0.29) is 6.10 Å². The second-order valence-corrected chi connectivity index (χ2v) is 2.02. The zero-order valence-electron chi connectivity index (χ0n) is 5.68. The molecule has 0 fully saturated rings. The van der Waals surface area contributed by atoms with Gasteiger partial charge in [0.25, 0.3) is 0 Å². The van der Waals surface area contributed by atoms with E-state index in [1.165, 1.54) is 0 Å². The Morgan fingerprint density at radius 1 is 1.50 bits per heavy atom. The van der Waals surface area contributed by atoms with Gasteiger partial charge in [0.2, 0.25) is 0 Å². The lowest BCUT2D eigenvalue weighted by Gasteiger charge is -2.09. The predicted octanol–water partition coefficient (Wildman–Crippen LogP) is 1.58. The highest BCUT2D eigenvalue weighted by atomic mass is 16.6. The highest BCUT2D eigenvalue weighted by Crippen LogP contribution is 1.97. The van der Waals surface area contributed by atoms with Crippen molar-refractivity contribution in [3.05, 3.63) is 0 Å². The van der Waals surface area contributed by atoms with Crippen molar-refractivity contribution in [1.29, 1.82) is 0 Å². The van der Waals surface area contributed by atoms with Gasteiger partial charge in [-0.25, -0.2) is 5.11 Å². The molecule has 0 aliphatic rings. The van der Waals surface area contributed by atoms with Crippen LogP contribution in [0.3, 0.4) is 0 Å². The highest BCUT2D eigenvalue weighted by molar-refractivity contribution is 4.38. The van der Waals surface area contributed by atoms with Crippen LogP contribution >= 0.6 is 0 Å². The van der Waals surface area contributed by atoms with Gasteiger partial charge < -0.3 is 4.74 Å². The number of ether oxygens (including phenoxy) is 1. The third kappa shape index (κ3) is 4.09. The molecule has 2 heteroatoms. The van der Waals surface area contributed by atoms with Gasteiger partial charge in [0.05, 0.1) is 6.10 Å². The summed E-state index contributed by atoms with van der Waals surface area (Å²) in [6.45, 7) is 5.54. The Balaban J connectivity index is 3.10. The van der Waals surface area contributed by atoms with Crippen LogP contribution in [0.2, 0.25) is 0 Å². The maximum atomic E-state index is 10.5. The average molecular weight is 117 g/mol. The Morgan fingerprint density at radius 3 is 2.12 bits per heavy atom. The van der Waals surface area contributed by atoms with E-state index in [0.717, 1.165) is 0 Å². The normalized spacial score (nSPS) is 14.6. The maximum Gasteiger partial charge on any atom is 0.191 e. The Morgan fingerprint density at radius 2 is 2.00 bits per heavy atom. The minimum atomic E-state index is -0.824. The molecule has 0 aromatic rings. The molecule has 0 aliphatic carbocycles. The van der Waals surface area contributed by atoms with Gasteiger partial charge in [-0.2, -0.15) is 0 Å². The first-order chi connectivity index (χ1) is 3.66. The molecule has 1 radical (unpaired) electrons. The Bertz CT molecular complexity index is 52.5. The van der Waals surface area contributed by atoms with Crippen LogP contribution in [0.5, 0.6) is 0 Å². The largest absolute Gasteiger partial charge is 0.347 e. The molecule has 0 rings (SSSR count). The van der Waals surface area contributed by atoms with Gasteiger partial charge in [0, 0.05) is 0 Å². The van der Waals surface area contributed by atoms with Gasteiger partial charge >= 0.3 is 0 Å². The zero-order chi connectivity index (χ0) is 6.57. The minimum Gasteiger partial charge on any atom is -0.347 e. The molecule has 2 nitrogen and oxygen atoms in total. The maximum absolute atomic E-state index is 10.5. The third-order valence-corrected chi connectivity index (χ3v) is 0.757. The number of rotatable bonds is 3. The summed E-state index contributed by atoms with van der Waals surface area (Å²) in [5, 5.41) is 10.5. The molecule has 0 aromatic heterocycles. The van der Waals surface area contributed by atoms with Gasteiger partial charge in [-0.1, -0.05) is 6.92 Å². The standard InChI is InChI=1S/C6H13O2/c1-4-6(7)8-5(2)3/h5-6H,4H2,1-3H3. The molecule has 0 saturated heterocycles. The van der Waals surface area contributed by atoms with E-state index in [2.05, 4.69) is 0 Å². The first-order valence-corrected chi connectivity index (χ1v) is 2.98. The molecule has 0 saturated carbocycles. The van der Waals surface area contributed by atoms with E-state index in [9.17, 15) is 5.11 Å². The first-order valence-electron chi connectivity index (χ1n) is 2.98.